The summed E-state index contributed by atoms with van der Waals surface area (Å²) in [6.07, 6.45) is 0.512. The van der Waals surface area contributed by atoms with Crippen molar-refractivity contribution in [2.45, 2.75) is 13.5 Å². The van der Waals surface area contributed by atoms with Crippen LogP contribution in [-0.4, -0.2) is 17.2 Å². The summed E-state index contributed by atoms with van der Waals surface area (Å²) in [5, 5.41) is 11.2. The molecule has 0 aromatic heterocycles. The molecule has 0 saturated carbocycles. The van der Waals surface area contributed by atoms with Gasteiger partial charge in [0.1, 0.15) is 12.4 Å². The summed E-state index contributed by atoms with van der Waals surface area (Å²) in [6, 6.07) is 13.1. The molecule has 0 atom stereocenters. The summed E-state index contributed by atoms with van der Waals surface area (Å²) in [7, 11) is 0. The van der Waals surface area contributed by atoms with Crippen molar-refractivity contribution in [3.05, 3.63) is 71.0 Å². The molecular formula is C18H16FNO4. The van der Waals surface area contributed by atoms with Gasteiger partial charge in [0.05, 0.1) is 0 Å². The minimum absolute atomic E-state index is 0.0110. The van der Waals surface area contributed by atoms with Gasteiger partial charge in [-0.1, -0.05) is 30.3 Å². The van der Waals surface area contributed by atoms with Crippen molar-refractivity contribution >= 4 is 23.8 Å². The Morgan fingerprint density at radius 2 is 1.92 bits per heavy atom. The van der Waals surface area contributed by atoms with Crippen LogP contribution in [-0.2, 0) is 16.1 Å². The molecule has 0 spiro atoms. The van der Waals surface area contributed by atoms with Gasteiger partial charge in [-0.05, 0) is 36.8 Å². The van der Waals surface area contributed by atoms with E-state index in [2.05, 4.69) is 5.32 Å². The van der Waals surface area contributed by atoms with Crippen molar-refractivity contribution in [3.63, 3.8) is 0 Å². The van der Waals surface area contributed by atoms with Crippen LogP contribution in [0.15, 0.2) is 54.1 Å². The maximum Gasteiger partial charge on any atom is 0.411 e. The molecule has 2 aromatic carbocycles. The van der Waals surface area contributed by atoms with Gasteiger partial charge in [0.25, 0.3) is 0 Å². The molecular weight excluding hydrogens is 313 g/mol. The van der Waals surface area contributed by atoms with Crippen LogP contribution in [0.2, 0.25) is 0 Å². The molecule has 0 aliphatic heterocycles. The molecule has 0 saturated heterocycles. The van der Waals surface area contributed by atoms with Crippen LogP contribution in [0.4, 0.5) is 14.9 Å². The van der Waals surface area contributed by atoms with Crippen molar-refractivity contribution in [2.24, 2.45) is 0 Å². The summed E-state index contributed by atoms with van der Waals surface area (Å²) in [4.78, 5) is 22.5. The summed E-state index contributed by atoms with van der Waals surface area (Å²) >= 11 is 0. The van der Waals surface area contributed by atoms with Crippen LogP contribution < -0.4 is 5.32 Å². The molecule has 2 rings (SSSR count). The number of nitrogens with one attached hydrogen (secondary N) is 1. The number of anilines is 1. The second-order valence-corrected chi connectivity index (χ2v) is 5.06. The summed E-state index contributed by atoms with van der Waals surface area (Å²) in [6.45, 7) is 1.47. The molecule has 5 nitrogen and oxygen atoms in total. The third kappa shape index (κ3) is 4.95. The lowest BCUT2D eigenvalue weighted by atomic mass is 10.1. The number of carbonyl (C=O) groups excluding carboxylic acids is 1. The first-order valence-corrected chi connectivity index (χ1v) is 7.14. The van der Waals surface area contributed by atoms with E-state index in [4.69, 9.17) is 9.84 Å². The number of aliphatic carboxylic acids is 1. The van der Waals surface area contributed by atoms with Gasteiger partial charge in [0.15, 0.2) is 0 Å². The SMILES string of the molecule is C/C(=C\c1ccc(NC(=O)OCc2ccccc2)cc1F)C(=O)O. The number of benzene rings is 2. The average Bonchev–Trinajstić information content (AvgIpc) is 2.56. The van der Waals surface area contributed by atoms with E-state index in [-0.39, 0.29) is 23.4 Å². The minimum atomic E-state index is -1.12. The van der Waals surface area contributed by atoms with Crippen LogP contribution in [0.1, 0.15) is 18.1 Å². The molecule has 6 heteroatoms. The number of carbonyl (C=O) groups is 2. The molecule has 0 heterocycles. The molecule has 0 radical (unpaired) electrons. The molecule has 124 valence electrons. The molecule has 0 fully saturated rings. The van der Waals surface area contributed by atoms with Gasteiger partial charge in [-0.3, -0.25) is 5.32 Å². The third-order valence-electron chi connectivity index (χ3n) is 3.17. The highest BCUT2D eigenvalue weighted by Gasteiger charge is 2.08. The topological polar surface area (TPSA) is 75.6 Å². The van der Waals surface area contributed by atoms with Crippen molar-refractivity contribution in [1.82, 2.24) is 0 Å². The molecule has 2 N–H and O–H groups in total. The van der Waals surface area contributed by atoms with Crippen molar-refractivity contribution in [2.75, 3.05) is 5.32 Å². The van der Waals surface area contributed by atoms with E-state index in [1.54, 1.807) is 0 Å². The molecule has 0 bridgehead atoms. The molecule has 2 aromatic rings. The highest BCUT2D eigenvalue weighted by atomic mass is 19.1. The number of hydrogen-bond donors (Lipinski definition) is 2. The monoisotopic (exact) mass is 329 g/mol. The van der Waals surface area contributed by atoms with Gasteiger partial charge in [-0.15, -0.1) is 0 Å². The highest BCUT2D eigenvalue weighted by molar-refractivity contribution is 5.91. The van der Waals surface area contributed by atoms with Gasteiger partial charge < -0.3 is 9.84 Å². The zero-order valence-corrected chi connectivity index (χ0v) is 13.0. The van der Waals surface area contributed by atoms with E-state index in [0.29, 0.717) is 0 Å². The van der Waals surface area contributed by atoms with Gasteiger partial charge in [0.2, 0.25) is 0 Å². The largest absolute Gasteiger partial charge is 0.478 e. The zero-order chi connectivity index (χ0) is 17.5. The Labute approximate surface area is 138 Å². The van der Waals surface area contributed by atoms with Gasteiger partial charge in [-0.25, -0.2) is 14.0 Å². The predicted octanol–water partition coefficient (Wildman–Crippen LogP) is 4.06. The van der Waals surface area contributed by atoms with Crippen LogP contribution in [0.3, 0.4) is 0 Å². The van der Waals surface area contributed by atoms with Gasteiger partial charge in [-0.2, -0.15) is 0 Å². The number of hydrogen-bond acceptors (Lipinski definition) is 3. The average molecular weight is 329 g/mol. The Morgan fingerprint density at radius 3 is 2.54 bits per heavy atom. The summed E-state index contributed by atoms with van der Waals surface area (Å²) in [5.74, 6) is -1.77. The fourth-order valence-corrected chi connectivity index (χ4v) is 1.89. The molecule has 0 aliphatic carbocycles. The fraction of sp³-hybridized carbons (Fsp3) is 0.111. The maximum atomic E-state index is 13.9. The first-order valence-electron chi connectivity index (χ1n) is 7.14. The molecule has 0 unspecified atom stereocenters. The number of ether oxygens (including phenoxy) is 1. The summed E-state index contributed by atoms with van der Waals surface area (Å²) < 4.78 is 19.0. The van der Waals surface area contributed by atoms with Crippen molar-refractivity contribution in [3.8, 4) is 0 Å². The Morgan fingerprint density at radius 1 is 1.21 bits per heavy atom. The Hall–Kier alpha value is -3.15. The van der Waals surface area contributed by atoms with Crippen molar-refractivity contribution < 1.29 is 23.8 Å². The third-order valence-corrected chi connectivity index (χ3v) is 3.17. The van der Waals surface area contributed by atoms with E-state index >= 15 is 0 Å². The highest BCUT2D eigenvalue weighted by Crippen LogP contribution is 2.17. The number of carboxylic acids is 1. The lowest BCUT2D eigenvalue weighted by Gasteiger charge is -2.08. The zero-order valence-electron chi connectivity index (χ0n) is 13.0. The normalized spacial score (nSPS) is 11.0. The quantitative estimate of drug-likeness (QED) is 0.811. The fourth-order valence-electron chi connectivity index (χ4n) is 1.89. The van der Waals surface area contributed by atoms with Crippen molar-refractivity contribution in [1.29, 1.82) is 0 Å². The molecule has 0 aliphatic rings. The molecule has 1 amide bonds. The first-order chi connectivity index (χ1) is 11.5. The van der Waals surface area contributed by atoms with Gasteiger partial charge in [0, 0.05) is 16.8 Å². The second kappa shape index (κ2) is 7.92. The predicted molar refractivity (Wildman–Crippen MR) is 87.9 cm³/mol. The van der Waals surface area contributed by atoms with E-state index < -0.39 is 17.9 Å². The first kappa shape index (κ1) is 17.2. The number of rotatable bonds is 5. The Balaban J connectivity index is 1.98. The lowest BCUT2D eigenvalue weighted by Crippen LogP contribution is -2.13. The van der Waals surface area contributed by atoms with E-state index in [9.17, 15) is 14.0 Å². The maximum absolute atomic E-state index is 13.9. The summed E-state index contributed by atoms with van der Waals surface area (Å²) in [5.41, 5.74) is 1.19. The minimum Gasteiger partial charge on any atom is -0.478 e. The number of amides is 1. The van der Waals surface area contributed by atoms with E-state index in [0.717, 1.165) is 11.6 Å². The number of carboxylic acid groups (broad SMARTS) is 1. The van der Waals surface area contributed by atoms with E-state index in [1.807, 2.05) is 30.3 Å². The van der Waals surface area contributed by atoms with Crippen LogP contribution in [0.25, 0.3) is 6.08 Å². The standard InChI is InChI=1S/C18H16FNO4/c1-12(17(21)22)9-14-7-8-15(10-16(14)19)20-18(23)24-11-13-5-3-2-4-6-13/h2-10H,11H2,1H3,(H,20,23)(H,21,22)/b12-9+. The second-order valence-electron chi connectivity index (χ2n) is 5.06. The van der Waals surface area contributed by atoms with Crippen LogP contribution in [0.5, 0.6) is 0 Å². The molecule has 24 heavy (non-hydrogen) atoms. The lowest BCUT2D eigenvalue weighted by molar-refractivity contribution is -0.132. The Bertz CT molecular complexity index is 772. The van der Waals surface area contributed by atoms with Crippen LogP contribution in [0, 0.1) is 5.82 Å². The van der Waals surface area contributed by atoms with Crippen LogP contribution >= 0.6 is 0 Å². The Kier molecular flexibility index (Phi) is 5.68. The van der Waals surface area contributed by atoms with E-state index in [1.165, 1.54) is 25.1 Å². The smallest absolute Gasteiger partial charge is 0.411 e. The number of halogens is 1. The van der Waals surface area contributed by atoms with Gasteiger partial charge >= 0.3 is 12.1 Å².